The topological polar surface area (TPSA) is 21.3 Å². The minimum absolute atomic E-state index is 0.665. The molecular weight excluding hydrogens is 266 g/mol. The SMILES string of the molecule is Cc1cc(NCC2CCCOC2)ccc1Br. The van der Waals surface area contributed by atoms with E-state index in [1.807, 2.05) is 0 Å². The second-order valence-corrected chi connectivity index (χ2v) is 5.28. The zero-order valence-electron chi connectivity index (χ0n) is 9.63. The van der Waals surface area contributed by atoms with Gasteiger partial charge in [-0.25, -0.2) is 0 Å². The quantitative estimate of drug-likeness (QED) is 0.915. The molecule has 0 spiro atoms. The van der Waals surface area contributed by atoms with Gasteiger partial charge in [-0.2, -0.15) is 0 Å². The zero-order chi connectivity index (χ0) is 11.4. The fourth-order valence-electron chi connectivity index (χ4n) is 1.99. The monoisotopic (exact) mass is 283 g/mol. The summed E-state index contributed by atoms with van der Waals surface area (Å²) in [5.74, 6) is 0.665. The molecule has 1 N–H and O–H groups in total. The zero-order valence-corrected chi connectivity index (χ0v) is 11.2. The number of nitrogens with one attached hydrogen (secondary N) is 1. The molecule has 2 nitrogen and oxygen atoms in total. The third kappa shape index (κ3) is 3.22. The molecule has 1 fully saturated rings. The molecule has 1 heterocycles. The summed E-state index contributed by atoms with van der Waals surface area (Å²) in [6.45, 7) is 4.97. The van der Waals surface area contributed by atoms with Gasteiger partial charge in [0.1, 0.15) is 0 Å². The Balaban J connectivity index is 1.86. The molecule has 1 atom stereocenters. The Morgan fingerprint density at radius 1 is 1.50 bits per heavy atom. The maximum absolute atomic E-state index is 5.47. The number of halogens is 1. The van der Waals surface area contributed by atoms with Gasteiger partial charge in [-0.15, -0.1) is 0 Å². The van der Waals surface area contributed by atoms with E-state index in [2.05, 4.69) is 46.4 Å². The lowest BCUT2D eigenvalue weighted by atomic mass is 10.0. The van der Waals surface area contributed by atoms with Crippen molar-refractivity contribution in [2.24, 2.45) is 5.92 Å². The highest BCUT2D eigenvalue weighted by molar-refractivity contribution is 9.10. The molecule has 1 aliphatic heterocycles. The predicted octanol–water partition coefficient (Wildman–Crippen LogP) is 3.60. The highest BCUT2D eigenvalue weighted by Gasteiger charge is 2.13. The van der Waals surface area contributed by atoms with Crippen molar-refractivity contribution < 1.29 is 4.74 Å². The van der Waals surface area contributed by atoms with Gasteiger partial charge in [-0.1, -0.05) is 15.9 Å². The van der Waals surface area contributed by atoms with Gasteiger partial charge in [-0.05, 0) is 49.4 Å². The van der Waals surface area contributed by atoms with Gasteiger partial charge in [0.2, 0.25) is 0 Å². The van der Waals surface area contributed by atoms with Crippen LogP contribution in [0.5, 0.6) is 0 Å². The van der Waals surface area contributed by atoms with Crippen LogP contribution in [-0.4, -0.2) is 19.8 Å². The lowest BCUT2D eigenvalue weighted by molar-refractivity contribution is 0.0595. The van der Waals surface area contributed by atoms with Crippen LogP contribution in [0.1, 0.15) is 18.4 Å². The summed E-state index contributed by atoms with van der Waals surface area (Å²) >= 11 is 3.51. The highest BCUT2D eigenvalue weighted by atomic mass is 79.9. The van der Waals surface area contributed by atoms with Crippen LogP contribution >= 0.6 is 15.9 Å². The number of hydrogen-bond acceptors (Lipinski definition) is 2. The Hall–Kier alpha value is -0.540. The molecule has 0 saturated carbocycles. The third-order valence-electron chi connectivity index (χ3n) is 3.01. The third-order valence-corrected chi connectivity index (χ3v) is 3.90. The van der Waals surface area contributed by atoms with E-state index in [1.165, 1.54) is 28.6 Å². The molecule has 1 aromatic carbocycles. The summed E-state index contributed by atoms with van der Waals surface area (Å²) < 4.78 is 6.63. The van der Waals surface area contributed by atoms with E-state index >= 15 is 0 Å². The number of anilines is 1. The van der Waals surface area contributed by atoms with Gasteiger partial charge in [0.05, 0.1) is 6.61 Å². The van der Waals surface area contributed by atoms with Crippen LogP contribution < -0.4 is 5.32 Å². The number of benzene rings is 1. The average Bonchev–Trinajstić information content (AvgIpc) is 2.32. The molecule has 1 aliphatic rings. The van der Waals surface area contributed by atoms with Gasteiger partial charge in [0.15, 0.2) is 0 Å². The minimum Gasteiger partial charge on any atom is -0.385 e. The van der Waals surface area contributed by atoms with Gasteiger partial charge in [0.25, 0.3) is 0 Å². The van der Waals surface area contributed by atoms with E-state index < -0.39 is 0 Å². The molecule has 1 unspecified atom stereocenters. The van der Waals surface area contributed by atoms with E-state index in [9.17, 15) is 0 Å². The van der Waals surface area contributed by atoms with E-state index in [0.29, 0.717) is 5.92 Å². The van der Waals surface area contributed by atoms with Crippen LogP contribution in [-0.2, 0) is 4.74 Å². The molecule has 1 saturated heterocycles. The van der Waals surface area contributed by atoms with Crippen molar-refractivity contribution in [1.29, 1.82) is 0 Å². The van der Waals surface area contributed by atoms with Gasteiger partial charge >= 0.3 is 0 Å². The van der Waals surface area contributed by atoms with Crippen LogP contribution in [0.25, 0.3) is 0 Å². The summed E-state index contributed by atoms with van der Waals surface area (Å²) in [6, 6.07) is 6.38. The first kappa shape index (κ1) is 11.9. The summed E-state index contributed by atoms with van der Waals surface area (Å²) in [6.07, 6.45) is 2.48. The standard InChI is InChI=1S/C13H18BrNO/c1-10-7-12(4-5-13(10)14)15-8-11-3-2-6-16-9-11/h4-5,7,11,15H,2-3,6,8-9H2,1H3. The first-order chi connectivity index (χ1) is 7.75. The first-order valence-corrected chi connectivity index (χ1v) is 6.63. The van der Waals surface area contributed by atoms with E-state index in [0.717, 1.165) is 19.8 Å². The maximum Gasteiger partial charge on any atom is 0.0511 e. The molecule has 0 amide bonds. The molecule has 0 aliphatic carbocycles. The summed E-state index contributed by atoms with van der Waals surface area (Å²) in [7, 11) is 0. The van der Waals surface area contributed by atoms with Crippen LogP contribution in [0.4, 0.5) is 5.69 Å². The Bertz CT molecular complexity index is 348. The van der Waals surface area contributed by atoms with Crippen molar-refractivity contribution in [1.82, 2.24) is 0 Å². The molecule has 16 heavy (non-hydrogen) atoms. The highest BCUT2D eigenvalue weighted by Crippen LogP contribution is 2.21. The number of ether oxygens (including phenoxy) is 1. The second kappa shape index (κ2) is 5.69. The molecule has 88 valence electrons. The predicted molar refractivity (Wildman–Crippen MR) is 70.9 cm³/mol. The van der Waals surface area contributed by atoms with Crippen molar-refractivity contribution in [3.63, 3.8) is 0 Å². The average molecular weight is 284 g/mol. The number of rotatable bonds is 3. The van der Waals surface area contributed by atoms with E-state index in [-0.39, 0.29) is 0 Å². The molecule has 0 bridgehead atoms. The largest absolute Gasteiger partial charge is 0.385 e. The van der Waals surface area contributed by atoms with Crippen LogP contribution in [0, 0.1) is 12.8 Å². The Labute approximate surface area is 106 Å². The van der Waals surface area contributed by atoms with Gasteiger partial charge in [-0.3, -0.25) is 0 Å². The normalized spacial score (nSPS) is 20.8. The lowest BCUT2D eigenvalue weighted by Gasteiger charge is -2.22. The van der Waals surface area contributed by atoms with Gasteiger partial charge in [0, 0.05) is 23.3 Å². The molecule has 0 radical (unpaired) electrons. The molecule has 2 rings (SSSR count). The fraction of sp³-hybridized carbons (Fsp3) is 0.538. The maximum atomic E-state index is 5.47. The minimum atomic E-state index is 0.665. The van der Waals surface area contributed by atoms with Crippen LogP contribution in [0.2, 0.25) is 0 Å². The molecule has 0 aromatic heterocycles. The summed E-state index contributed by atoms with van der Waals surface area (Å²) in [5, 5.41) is 3.48. The Morgan fingerprint density at radius 3 is 3.06 bits per heavy atom. The van der Waals surface area contributed by atoms with Crippen LogP contribution in [0.3, 0.4) is 0 Å². The number of aryl methyl sites for hydroxylation is 1. The van der Waals surface area contributed by atoms with Crippen molar-refractivity contribution in [2.75, 3.05) is 25.1 Å². The van der Waals surface area contributed by atoms with E-state index in [1.54, 1.807) is 0 Å². The summed E-state index contributed by atoms with van der Waals surface area (Å²) in [5.41, 5.74) is 2.47. The molecule has 1 aromatic rings. The summed E-state index contributed by atoms with van der Waals surface area (Å²) in [4.78, 5) is 0. The molecule has 3 heteroatoms. The smallest absolute Gasteiger partial charge is 0.0511 e. The molecular formula is C13H18BrNO. The van der Waals surface area contributed by atoms with Crippen molar-refractivity contribution in [3.05, 3.63) is 28.2 Å². The number of hydrogen-bond donors (Lipinski definition) is 1. The second-order valence-electron chi connectivity index (χ2n) is 4.43. The van der Waals surface area contributed by atoms with Crippen molar-refractivity contribution in [2.45, 2.75) is 19.8 Å². The van der Waals surface area contributed by atoms with Crippen molar-refractivity contribution >= 4 is 21.6 Å². The lowest BCUT2D eigenvalue weighted by Crippen LogP contribution is -2.24. The van der Waals surface area contributed by atoms with E-state index in [4.69, 9.17) is 4.74 Å². The van der Waals surface area contributed by atoms with Crippen LogP contribution in [0.15, 0.2) is 22.7 Å². The Kier molecular flexibility index (Phi) is 4.24. The first-order valence-electron chi connectivity index (χ1n) is 5.83. The van der Waals surface area contributed by atoms with Gasteiger partial charge < -0.3 is 10.1 Å². The van der Waals surface area contributed by atoms with Crippen molar-refractivity contribution in [3.8, 4) is 0 Å². The Morgan fingerprint density at radius 2 is 2.38 bits per heavy atom. The fourth-order valence-corrected chi connectivity index (χ4v) is 2.23.